The quantitative estimate of drug-likeness (QED) is 0.782. The van der Waals surface area contributed by atoms with Gasteiger partial charge in [0.05, 0.1) is 7.11 Å². The van der Waals surface area contributed by atoms with Crippen molar-refractivity contribution in [2.75, 3.05) is 19.0 Å². The van der Waals surface area contributed by atoms with Crippen molar-refractivity contribution in [3.05, 3.63) is 59.7 Å². The first kappa shape index (κ1) is 20.5. The van der Waals surface area contributed by atoms with Gasteiger partial charge in [-0.3, -0.25) is 9.59 Å². The van der Waals surface area contributed by atoms with Gasteiger partial charge in [-0.25, -0.2) is 0 Å². The molecule has 0 aliphatic heterocycles. The van der Waals surface area contributed by atoms with Crippen LogP contribution in [-0.4, -0.2) is 25.5 Å². The van der Waals surface area contributed by atoms with Crippen molar-refractivity contribution in [3.8, 4) is 5.75 Å². The van der Waals surface area contributed by atoms with Gasteiger partial charge in [-0.2, -0.15) is 0 Å². The second kappa shape index (κ2) is 9.21. The van der Waals surface area contributed by atoms with E-state index in [4.69, 9.17) is 4.74 Å². The Bertz CT molecular complexity index is 780. The number of ether oxygens (including phenoxy) is 1. The van der Waals surface area contributed by atoms with E-state index < -0.39 is 5.41 Å². The van der Waals surface area contributed by atoms with Crippen LogP contribution >= 0.6 is 0 Å². The second-order valence-corrected chi connectivity index (χ2v) is 7.49. The number of rotatable bonds is 7. The molecule has 0 aromatic heterocycles. The number of benzene rings is 2. The highest BCUT2D eigenvalue weighted by molar-refractivity contribution is 5.91. The number of hydrogen-bond acceptors (Lipinski definition) is 3. The molecule has 144 valence electrons. The average Bonchev–Trinajstić information content (AvgIpc) is 2.62. The van der Waals surface area contributed by atoms with Gasteiger partial charge < -0.3 is 15.4 Å². The number of nitrogens with one attached hydrogen (secondary N) is 2. The van der Waals surface area contributed by atoms with Gasteiger partial charge in [-0.05, 0) is 23.8 Å². The molecule has 27 heavy (non-hydrogen) atoms. The predicted molar refractivity (Wildman–Crippen MR) is 108 cm³/mol. The lowest BCUT2D eigenvalue weighted by molar-refractivity contribution is -0.128. The summed E-state index contributed by atoms with van der Waals surface area (Å²) in [6.45, 7) is 5.84. The molecule has 2 aromatic rings. The van der Waals surface area contributed by atoms with Gasteiger partial charge in [0.2, 0.25) is 11.8 Å². The summed E-state index contributed by atoms with van der Waals surface area (Å²) in [6, 6.07) is 15.7. The minimum absolute atomic E-state index is 0.0649. The zero-order valence-electron chi connectivity index (χ0n) is 16.5. The maximum Gasteiger partial charge on any atom is 0.226 e. The molecule has 0 aliphatic carbocycles. The predicted octanol–water partition coefficient (Wildman–Crippen LogP) is 3.78. The summed E-state index contributed by atoms with van der Waals surface area (Å²) in [5.41, 5.74) is 2.43. The van der Waals surface area contributed by atoms with Crippen molar-refractivity contribution < 1.29 is 14.3 Å². The van der Waals surface area contributed by atoms with Crippen LogP contribution in [0.15, 0.2) is 48.5 Å². The molecule has 0 atom stereocenters. The molecule has 0 fully saturated rings. The van der Waals surface area contributed by atoms with Crippen molar-refractivity contribution in [2.24, 2.45) is 5.41 Å². The molecule has 5 nitrogen and oxygen atoms in total. The van der Waals surface area contributed by atoms with E-state index in [1.165, 1.54) is 5.56 Å². The molecular weight excluding hydrogens is 340 g/mol. The van der Waals surface area contributed by atoms with Gasteiger partial charge in [-0.15, -0.1) is 0 Å². The Morgan fingerprint density at radius 2 is 1.74 bits per heavy atom. The van der Waals surface area contributed by atoms with Gasteiger partial charge >= 0.3 is 0 Å². The number of hydrogen-bond donors (Lipinski definition) is 2. The maximum absolute atomic E-state index is 12.2. The highest BCUT2D eigenvalue weighted by atomic mass is 16.5. The van der Waals surface area contributed by atoms with Crippen LogP contribution in [0.5, 0.6) is 5.75 Å². The third-order valence-electron chi connectivity index (χ3n) is 4.12. The monoisotopic (exact) mass is 368 g/mol. The molecule has 0 radical (unpaired) electrons. The molecule has 0 heterocycles. The smallest absolute Gasteiger partial charge is 0.226 e. The van der Waals surface area contributed by atoms with Crippen LogP contribution in [0.25, 0.3) is 0 Å². The minimum atomic E-state index is -0.460. The van der Waals surface area contributed by atoms with Gasteiger partial charge in [0.1, 0.15) is 5.75 Å². The van der Waals surface area contributed by atoms with Gasteiger partial charge in [0.25, 0.3) is 0 Å². The Kier molecular flexibility index (Phi) is 6.99. The number of anilines is 1. The number of amides is 2. The highest BCUT2D eigenvalue weighted by Crippen LogP contribution is 2.25. The van der Waals surface area contributed by atoms with E-state index in [9.17, 15) is 9.59 Å². The van der Waals surface area contributed by atoms with Crippen molar-refractivity contribution in [2.45, 2.75) is 33.6 Å². The summed E-state index contributed by atoms with van der Waals surface area (Å²) in [6.07, 6.45) is 0.942. The molecule has 5 heteroatoms. The van der Waals surface area contributed by atoms with Crippen molar-refractivity contribution in [3.63, 3.8) is 0 Å². The van der Waals surface area contributed by atoms with Crippen LogP contribution in [0.2, 0.25) is 0 Å². The van der Waals surface area contributed by atoms with Gasteiger partial charge in [-0.1, -0.05) is 51.1 Å². The minimum Gasteiger partial charge on any atom is -0.496 e. The maximum atomic E-state index is 12.2. The third-order valence-corrected chi connectivity index (χ3v) is 4.12. The third kappa shape index (κ3) is 6.44. The molecule has 2 aromatic carbocycles. The normalized spacial score (nSPS) is 11.0. The molecule has 0 aliphatic rings. The summed E-state index contributed by atoms with van der Waals surface area (Å²) >= 11 is 0. The Hall–Kier alpha value is -2.82. The molecule has 2 rings (SSSR count). The van der Waals surface area contributed by atoms with Crippen molar-refractivity contribution in [1.29, 1.82) is 0 Å². The average molecular weight is 368 g/mol. The van der Waals surface area contributed by atoms with Crippen LogP contribution in [-0.2, 0) is 16.0 Å². The van der Waals surface area contributed by atoms with Crippen molar-refractivity contribution in [1.82, 2.24) is 5.32 Å². The Balaban J connectivity index is 1.97. The van der Waals surface area contributed by atoms with Crippen LogP contribution in [0.3, 0.4) is 0 Å². The van der Waals surface area contributed by atoms with Crippen LogP contribution in [0, 0.1) is 5.41 Å². The molecule has 2 amide bonds. The molecular formula is C22H28N2O3. The fourth-order valence-corrected chi connectivity index (χ4v) is 2.59. The van der Waals surface area contributed by atoms with E-state index in [2.05, 4.69) is 22.8 Å². The van der Waals surface area contributed by atoms with Crippen LogP contribution in [0.1, 0.15) is 38.3 Å². The molecule has 0 saturated heterocycles. The van der Waals surface area contributed by atoms with E-state index in [0.29, 0.717) is 12.2 Å². The first-order chi connectivity index (χ1) is 12.8. The van der Waals surface area contributed by atoms with E-state index >= 15 is 0 Å². The fraction of sp³-hybridized carbons (Fsp3) is 0.364. The van der Waals surface area contributed by atoms with E-state index in [1.54, 1.807) is 7.11 Å². The molecule has 0 bridgehead atoms. The van der Waals surface area contributed by atoms with Gasteiger partial charge in [0.15, 0.2) is 0 Å². The lowest BCUT2D eigenvalue weighted by Crippen LogP contribution is -2.36. The Labute approximate surface area is 161 Å². The van der Waals surface area contributed by atoms with E-state index in [0.717, 1.165) is 17.7 Å². The number of carbonyl (C=O) groups is 2. The number of methoxy groups -OCH3 is 1. The SMILES string of the molecule is COc1ccc(NC(=O)CCNC(=O)C(C)(C)C)cc1Cc1ccccc1. The van der Waals surface area contributed by atoms with Crippen LogP contribution in [0.4, 0.5) is 5.69 Å². The summed E-state index contributed by atoms with van der Waals surface area (Å²) < 4.78 is 5.44. The highest BCUT2D eigenvalue weighted by Gasteiger charge is 2.20. The first-order valence-corrected chi connectivity index (χ1v) is 9.08. The molecule has 2 N–H and O–H groups in total. The zero-order chi connectivity index (χ0) is 19.9. The summed E-state index contributed by atoms with van der Waals surface area (Å²) in [4.78, 5) is 24.0. The molecule has 0 spiro atoms. The summed E-state index contributed by atoms with van der Waals surface area (Å²) in [5.74, 6) is 0.583. The fourth-order valence-electron chi connectivity index (χ4n) is 2.59. The Morgan fingerprint density at radius 3 is 2.37 bits per heavy atom. The standard InChI is InChI=1S/C22H28N2O3/c1-22(2,3)21(26)23-13-12-20(25)24-18-10-11-19(27-4)17(15-18)14-16-8-6-5-7-9-16/h5-11,15H,12-14H2,1-4H3,(H,23,26)(H,24,25). The Morgan fingerprint density at radius 1 is 1.04 bits per heavy atom. The lowest BCUT2D eigenvalue weighted by atomic mass is 9.96. The summed E-state index contributed by atoms with van der Waals surface area (Å²) in [7, 11) is 1.64. The zero-order valence-corrected chi connectivity index (χ0v) is 16.5. The van der Waals surface area contributed by atoms with Crippen molar-refractivity contribution >= 4 is 17.5 Å². The van der Waals surface area contributed by atoms with E-state index in [-0.39, 0.29) is 18.2 Å². The largest absolute Gasteiger partial charge is 0.496 e. The second-order valence-electron chi connectivity index (χ2n) is 7.49. The number of carbonyl (C=O) groups excluding carboxylic acids is 2. The van der Waals surface area contributed by atoms with Crippen LogP contribution < -0.4 is 15.4 Å². The lowest BCUT2D eigenvalue weighted by Gasteiger charge is -2.17. The topological polar surface area (TPSA) is 67.4 Å². The van der Waals surface area contributed by atoms with E-state index in [1.807, 2.05) is 57.2 Å². The summed E-state index contributed by atoms with van der Waals surface area (Å²) in [5, 5.41) is 5.67. The molecule has 0 saturated carbocycles. The van der Waals surface area contributed by atoms with Gasteiger partial charge in [0, 0.05) is 36.1 Å². The first-order valence-electron chi connectivity index (χ1n) is 9.08. The molecule has 0 unspecified atom stereocenters.